The fraction of sp³-hybridized carbons (Fsp3) is 0.500. The van der Waals surface area contributed by atoms with Crippen LogP contribution in [-0.4, -0.2) is 59.0 Å². The maximum absolute atomic E-state index is 10.9. The average Bonchev–Trinajstić information content (AvgIpc) is 1.98. The second kappa shape index (κ2) is 7.26. The molecule has 5 heteroatoms. The monoisotopic (exact) mass is 194 g/mol. The fourth-order valence-electron chi connectivity index (χ4n) is 0.484. The van der Waals surface area contributed by atoms with E-state index in [2.05, 4.69) is 11.9 Å². The summed E-state index contributed by atoms with van der Waals surface area (Å²) >= 11 is 0. The minimum atomic E-state index is -0.968. The maximum atomic E-state index is 10.9. The van der Waals surface area contributed by atoms with Crippen LogP contribution in [0, 0.1) is 0 Å². The van der Waals surface area contributed by atoms with E-state index in [9.17, 15) is 9.59 Å². The molecule has 0 aromatic carbocycles. The molecule has 1 radical (unpaired) electrons. The Morgan fingerprint density at radius 3 is 2.31 bits per heavy atom. The van der Waals surface area contributed by atoms with Gasteiger partial charge in [-0.15, -0.1) is 0 Å². The molecule has 0 aliphatic rings. The summed E-state index contributed by atoms with van der Waals surface area (Å²) in [6, 6.07) is -0.701. The van der Waals surface area contributed by atoms with Gasteiger partial charge >= 0.3 is 5.97 Å². The molecule has 0 fully saturated rings. The van der Waals surface area contributed by atoms with Gasteiger partial charge in [-0.25, -0.2) is 0 Å². The zero-order valence-electron chi connectivity index (χ0n) is 8.26. The van der Waals surface area contributed by atoms with Crippen LogP contribution in [0.2, 0.25) is 0 Å². The molecule has 13 heavy (non-hydrogen) atoms. The van der Waals surface area contributed by atoms with Crippen molar-refractivity contribution in [2.45, 2.75) is 19.9 Å². The first-order chi connectivity index (χ1) is 5.45. The Balaban J connectivity index is 0. The first-order valence-corrected chi connectivity index (χ1v) is 3.60. The number of ketones is 1. The van der Waals surface area contributed by atoms with E-state index in [0.29, 0.717) is 5.57 Å². The summed E-state index contributed by atoms with van der Waals surface area (Å²) in [6.45, 7) is 6.54. The van der Waals surface area contributed by atoms with E-state index in [1.54, 1.807) is 6.92 Å². The van der Waals surface area contributed by atoms with Crippen molar-refractivity contribution >= 4 is 41.3 Å². The largest absolute Gasteiger partial charge is 0.480 e. The zero-order valence-corrected chi connectivity index (χ0v) is 10.3. The van der Waals surface area contributed by atoms with Crippen molar-refractivity contribution in [2.75, 3.05) is 6.54 Å². The van der Waals surface area contributed by atoms with Crippen molar-refractivity contribution in [1.29, 1.82) is 0 Å². The third kappa shape index (κ3) is 6.95. The summed E-state index contributed by atoms with van der Waals surface area (Å²) in [5.41, 5.74) is 0.431. The van der Waals surface area contributed by atoms with Crippen LogP contribution in [-0.2, 0) is 9.59 Å². The number of rotatable bonds is 5. The number of carbonyl (C=O) groups is 2. The molecule has 0 heterocycles. The van der Waals surface area contributed by atoms with Crippen molar-refractivity contribution in [2.24, 2.45) is 0 Å². The Morgan fingerprint density at radius 1 is 1.54 bits per heavy atom. The van der Waals surface area contributed by atoms with E-state index in [-0.39, 0.29) is 41.9 Å². The molecule has 0 saturated carbocycles. The molecule has 0 aliphatic carbocycles. The molecule has 0 aromatic rings. The van der Waals surface area contributed by atoms with Crippen molar-refractivity contribution in [1.82, 2.24) is 5.32 Å². The predicted octanol–water partition coefficient (Wildman–Crippen LogP) is -0.187. The summed E-state index contributed by atoms with van der Waals surface area (Å²) in [7, 11) is 0. The van der Waals surface area contributed by atoms with Gasteiger partial charge in [-0.1, -0.05) is 6.58 Å². The van der Waals surface area contributed by atoms with Crippen molar-refractivity contribution in [3.05, 3.63) is 12.2 Å². The number of nitrogens with one attached hydrogen (secondary N) is 1. The van der Waals surface area contributed by atoms with Crippen LogP contribution < -0.4 is 5.32 Å². The van der Waals surface area contributed by atoms with Crippen molar-refractivity contribution < 1.29 is 14.7 Å². The molecule has 0 unspecified atom stereocenters. The van der Waals surface area contributed by atoms with Gasteiger partial charge in [0.05, 0.1) is 6.54 Å². The molecule has 0 rings (SSSR count). The zero-order chi connectivity index (χ0) is 9.72. The SMILES string of the molecule is C=C(C)C(=O)CN[C@@H](C)C(=O)O.[Na]. The Bertz CT molecular complexity index is 215. The normalized spacial score (nSPS) is 11.2. The molecule has 0 spiro atoms. The molecule has 0 bridgehead atoms. The van der Waals surface area contributed by atoms with Crippen LogP contribution in [0.25, 0.3) is 0 Å². The molecular weight excluding hydrogens is 181 g/mol. The molecule has 2 N–H and O–H groups in total. The average molecular weight is 194 g/mol. The van der Waals surface area contributed by atoms with E-state index in [4.69, 9.17) is 5.11 Å². The number of carboxylic acid groups (broad SMARTS) is 1. The molecule has 69 valence electrons. The van der Waals surface area contributed by atoms with Crippen LogP contribution in [0.5, 0.6) is 0 Å². The summed E-state index contributed by atoms with van der Waals surface area (Å²) in [5.74, 6) is -1.13. The van der Waals surface area contributed by atoms with Crippen molar-refractivity contribution in [3.63, 3.8) is 0 Å². The third-order valence-electron chi connectivity index (χ3n) is 1.42. The van der Waals surface area contributed by atoms with Crippen LogP contribution in [0.3, 0.4) is 0 Å². The Labute approximate surface area is 99.7 Å². The number of carbonyl (C=O) groups excluding carboxylic acids is 1. The summed E-state index contributed by atoms with van der Waals surface area (Å²) < 4.78 is 0. The molecule has 0 aromatic heterocycles. The van der Waals surface area contributed by atoms with E-state index in [1.807, 2.05) is 0 Å². The van der Waals surface area contributed by atoms with Crippen LogP contribution in [0.15, 0.2) is 12.2 Å². The number of Topliss-reactive ketones (excluding diaryl/α,β-unsaturated/α-hetero) is 1. The van der Waals surface area contributed by atoms with Gasteiger partial charge in [-0.2, -0.15) is 0 Å². The third-order valence-corrected chi connectivity index (χ3v) is 1.42. The predicted molar refractivity (Wildman–Crippen MR) is 50.7 cm³/mol. The van der Waals surface area contributed by atoms with E-state index in [1.165, 1.54) is 6.92 Å². The van der Waals surface area contributed by atoms with E-state index in [0.717, 1.165) is 0 Å². The second-order valence-electron chi connectivity index (χ2n) is 2.64. The summed E-state index contributed by atoms with van der Waals surface area (Å²) in [5, 5.41) is 11.0. The Morgan fingerprint density at radius 2 is 2.00 bits per heavy atom. The molecule has 0 amide bonds. The molecule has 1 atom stereocenters. The van der Waals surface area contributed by atoms with Gasteiger partial charge < -0.3 is 5.11 Å². The number of carboxylic acids is 1. The van der Waals surface area contributed by atoms with Crippen LogP contribution in [0.4, 0.5) is 0 Å². The van der Waals surface area contributed by atoms with Gasteiger partial charge in [0, 0.05) is 29.6 Å². The van der Waals surface area contributed by atoms with E-state index < -0.39 is 12.0 Å². The molecule has 0 saturated heterocycles. The van der Waals surface area contributed by atoms with Gasteiger partial charge in [-0.05, 0) is 19.4 Å². The van der Waals surface area contributed by atoms with Crippen molar-refractivity contribution in [3.8, 4) is 0 Å². The summed E-state index contributed by atoms with van der Waals surface area (Å²) in [4.78, 5) is 21.2. The standard InChI is InChI=1S/C8H13NO3.Na/c1-5(2)7(10)4-9-6(3)8(11)12;/h6,9H,1,4H2,2-3H3,(H,11,12);/t6-;/m0./s1. The van der Waals surface area contributed by atoms with Gasteiger partial charge in [0.15, 0.2) is 5.78 Å². The van der Waals surface area contributed by atoms with E-state index >= 15 is 0 Å². The first kappa shape index (κ1) is 15.3. The Kier molecular flexibility index (Phi) is 8.56. The number of hydrogen-bond acceptors (Lipinski definition) is 3. The van der Waals surface area contributed by atoms with Gasteiger partial charge in [-0.3, -0.25) is 14.9 Å². The molecule has 4 nitrogen and oxygen atoms in total. The molecule has 0 aliphatic heterocycles. The topological polar surface area (TPSA) is 66.4 Å². The smallest absolute Gasteiger partial charge is 0.320 e. The minimum absolute atomic E-state index is 0. The quantitative estimate of drug-likeness (QED) is 0.470. The van der Waals surface area contributed by atoms with Gasteiger partial charge in [0.1, 0.15) is 6.04 Å². The van der Waals surface area contributed by atoms with Crippen LogP contribution >= 0.6 is 0 Å². The first-order valence-electron chi connectivity index (χ1n) is 3.60. The maximum Gasteiger partial charge on any atom is 0.320 e. The molecular formula is C8H13NNaO3. The van der Waals surface area contributed by atoms with Gasteiger partial charge in [0.25, 0.3) is 0 Å². The minimum Gasteiger partial charge on any atom is -0.480 e. The van der Waals surface area contributed by atoms with Gasteiger partial charge in [0.2, 0.25) is 0 Å². The number of aliphatic carboxylic acids is 1. The fourth-order valence-corrected chi connectivity index (χ4v) is 0.484. The summed E-state index contributed by atoms with van der Waals surface area (Å²) in [6.07, 6.45) is 0. The second-order valence-corrected chi connectivity index (χ2v) is 2.64. The Hall–Kier alpha value is -0.160. The number of hydrogen-bond donors (Lipinski definition) is 2. The van der Waals surface area contributed by atoms with Crippen LogP contribution in [0.1, 0.15) is 13.8 Å².